The van der Waals surface area contributed by atoms with Gasteiger partial charge in [-0.2, -0.15) is 0 Å². The second-order valence-corrected chi connectivity index (χ2v) is 11.4. The summed E-state index contributed by atoms with van der Waals surface area (Å²) >= 11 is 0. The largest absolute Gasteiger partial charge is 0.456 e. The van der Waals surface area contributed by atoms with Crippen molar-refractivity contribution in [2.45, 2.75) is 18.8 Å². The first-order valence-electron chi connectivity index (χ1n) is 14.4. The number of hydrogen-bond acceptors (Lipinski definition) is 7. The lowest BCUT2D eigenvalue weighted by Gasteiger charge is -2.45. The van der Waals surface area contributed by atoms with Crippen LogP contribution in [0, 0.1) is 18.8 Å². The van der Waals surface area contributed by atoms with Gasteiger partial charge in [0.25, 0.3) is 0 Å². The molecule has 2 amide bonds. The van der Waals surface area contributed by atoms with Crippen LogP contribution in [0.4, 0.5) is 0 Å². The van der Waals surface area contributed by atoms with Gasteiger partial charge >= 0.3 is 11.9 Å². The number of ether oxygens (including phenoxy) is 2. The van der Waals surface area contributed by atoms with Gasteiger partial charge in [-0.3, -0.25) is 24.1 Å². The molecule has 0 radical (unpaired) electrons. The Morgan fingerprint density at radius 1 is 0.659 bits per heavy atom. The number of Topliss-reactive ketones (excluding diaryl/α,β-unsaturated/α-hetero) is 1. The van der Waals surface area contributed by atoms with E-state index in [1.54, 1.807) is 12.1 Å². The molecule has 1 aliphatic heterocycles. The molecule has 4 aromatic carbocycles. The lowest BCUT2D eigenvalue weighted by molar-refractivity contribution is -0.152. The first-order valence-corrected chi connectivity index (χ1v) is 14.4. The minimum Gasteiger partial charge on any atom is -0.456 e. The zero-order valence-electron chi connectivity index (χ0n) is 23.8. The van der Waals surface area contributed by atoms with E-state index in [2.05, 4.69) is 0 Å². The SMILES string of the molecule is Cc1ccc(C(=O)Oc2ccc(C(=O)COC(=O)CN3C(=O)C4C5c6ccccc6C(c6ccccc65)C4C3=O)cc2)cc1. The molecule has 4 aliphatic rings. The summed E-state index contributed by atoms with van der Waals surface area (Å²) in [6.07, 6.45) is 0. The second kappa shape index (κ2) is 10.7. The van der Waals surface area contributed by atoms with Gasteiger partial charge in [-0.1, -0.05) is 66.2 Å². The number of imide groups is 1. The van der Waals surface area contributed by atoms with Crippen LogP contribution in [-0.4, -0.2) is 47.6 Å². The number of nitrogens with zero attached hydrogens (tertiary/aromatic N) is 1. The molecule has 1 fully saturated rings. The number of hydrogen-bond donors (Lipinski definition) is 0. The Morgan fingerprint density at radius 2 is 1.14 bits per heavy atom. The molecule has 44 heavy (non-hydrogen) atoms. The lowest BCUT2D eigenvalue weighted by Crippen LogP contribution is -2.41. The van der Waals surface area contributed by atoms with Crippen LogP contribution in [0.5, 0.6) is 5.75 Å². The Morgan fingerprint density at radius 3 is 1.64 bits per heavy atom. The molecule has 3 aliphatic carbocycles. The maximum absolute atomic E-state index is 13.7. The average molecular weight is 586 g/mol. The molecule has 2 bridgehead atoms. The van der Waals surface area contributed by atoms with Crippen molar-refractivity contribution >= 4 is 29.5 Å². The highest BCUT2D eigenvalue weighted by Gasteiger charge is 2.61. The zero-order chi connectivity index (χ0) is 30.5. The molecule has 1 saturated heterocycles. The first-order chi connectivity index (χ1) is 21.3. The van der Waals surface area contributed by atoms with E-state index in [1.165, 1.54) is 24.3 Å². The van der Waals surface area contributed by atoms with Gasteiger partial charge in [0.2, 0.25) is 11.8 Å². The standard InChI is InChI=1S/C36H27NO7/c1-20-10-12-22(13-11-20)36(42)44-23-16-14-21(15-17-23)28(38)19-43-29(39)18-37-34(40)32-30-24-6-2-3-7-25(24)31(33(32)35(37)41)27-9-5-4-8-26(27)30/h2-17,30-33H,18-19H2,1H3. The van der Waals surface area contributed by atoms with Crippen LogP contribution >= 0.6 is 0 Å². The van der Waals surface area contributed by atoms with Crippen LogP contribution in [0.15, 0.2) is 97.1 Å². The Hall–Kier alpha value is -5.37. The van der Waals surface area contributed by atoms with Crippen molar-refractivity contribution in [2.24, 2.45) is 11.8 Å². The van der Waals surface area contributed by atoms with Crippen molar-refractivity contribution in [1.82, 2.24) is 4.90 Å². The van der Waals surface area contributed by atoms with E-state index in [9.17, 15) is 24.0 Å². The topological polar surface area (TPSA) is 107 Å². The number of aryl methyl sites for hydroxylation is 1. The first kappa shape index (κ1) is 27.5. The molecule has 0 saturated carbocycles. The summed E-state index contributed by atoms with van der Waals surface area (Å²) in [5.41, 5.74) is 5.85. The molecule has 8 heteroatoms. The molecule has 8 nitrogen and oxygen atoms in total. The van der Waals surface area contributed by atoms with Crippen LogP contribution in [-0.2, 0) is 19.1 Å². The Kier molecular flexibility index (Phi) is 6.69. The van der Waals surface area contributed by atoms with Crippen molar-refractivity contribution in [2.75, 3.05) is 13.2 Å². The Labute approximate surface area is 253 Å². The van der Waals surface area contributed by atoms with Gasteiger partial charge < -0.3 is 9.47 Å². The molecular formula is C36H27NO7. The molecule has 1 heterocycles. The minimum absolute atomic E-state index is 0.249. The molecule has 8 rings (SSSR count). The summed E-state index contributed by atoms with van der Waals surface area (Å²) in [5.74, 6) is -4.09. The third-order valence-electron chi connectivity index (χ3n) is 8.87. The maximum atomic E-state index is 13.7. The van der Waals surface area contributed by atoms with E-state index in [-0.39, 0.29) is 23.1 Å². The van der Waals surface area contributed by atoms with Crippen molar-refractivity contribution in [3.8, 4) is 5.75 Å². The third-order valence-corrected chi connectivity index (χ3v) is 8.87. The van der Waals surface area contributed by atoms with Crippen molar-refractivity contribution in [3.63, 3.8) is 0 Å². The summed E-state index contributed by atoms with van der Waals surface area (Å²) in [7, 11) is 0. The number of carbonyl (C=O) groups is 5. The molecule has 0 N–H and O–H groups in total. The summed E-state index contributed by atoms with van der Waals surface area (Å²) in [5, 5.41) is 0. The number of carbonyl (C=O) groups excluding carboxylic acids is 5. The molecule has 218 valence electrons. The van der Waals surface area contributed by atoms with E-state index >= 15 is 0 Å². The van der Waals surface area contributed by atoms with E-state index < -0.39 is 54.5 Å². The zero-order valence-corrected chi connectivity index (χ0v) is 23.8. The van der Waals surface area contributed by atoms with E-state index in [1.807, 2.05) is 67.6 Å². The smallest absolute Gasteiger partial charge is 0.343 e. The fourth-order valence-corrected chi connectivity index (χ4v) is 6.86. The number of esters is 2. The van der Waals surface area contributed by atoms with Gasteiger partial charge in [-0.05, 0) is 65.6 Å². The fraction of sp³-hybridized carbons (Fsp3) is 0.194. The van der Waals surface area contributed by atoms with Crippen LogP contribution in [0.2, 0.25) is 0 Å². The lowest BCUT2D eigenvalue weighted by atomic mass is 9.55. The van der Waals surface area contributed by atoms with Gasteiger partial charge in [0.1, 0.15) is 12.3 Å². The van der Waals surface area contributed by atoms with Crippen LogP contribution < -0.4 is 4.74 Å². The quantitative estimate of drug-likeness (QED) is 0.132. The molecular weight excluding hydrogens is 558 g/mol. The van der Waals surface area contributed by atoms with Crippen LogP contribution in [0.25, 0.3) is 0 Å². The highest BCUT2D eigenvalue weighted by atomic mass is 16.5. The van der Waals surface area contributed by atoms with E-state index in [0.717, 1.165) is 32.7 Å². The number of ketones is 1. The Balaban J connectivity index is 0.993. The van der Waals surface area contributed by atoms with E-state index in [0.29, 0.717) is 5.56 Å². The normalized spacial score (nSPS) is 20.9. The number of rotatable bonds is 7. The third kappa shape index (κ3) is 4.50. The highest BCUT2D eigenvalue weighted by Crippen LogP contribution is 2.60. The van der Waals surface area contributed by atoms with Gasteiger partial charge in [0.05, 0.1) is 17.4 Å². The monoisotopic (exact) mass is 585 g/mol. The molecule has 0 spiro atoms. The van der Waals surface area contributed by atoms with Gasteiger partial charge in [0.15, 0.2) is 12.4 Å². The predicted octanol–water partition coefficient (Wildman–Crippen LogP) is 4.83. The van der Waals surface area contributed by atoms with Gasteiger partial charge in [0, 0.05) is 17.4 Å². The second-order valence-electron chi connectivity index (χ2n) is 11.4. The van der Waals surface area contributed by atoms with E-state index in [4.69, 9.17) is 9.47 Å². The summed E-state index contributed by atoms with van der Waals surface area (Å²) in [6.45, 7) is 0.797. The average Bonchev–Trinajstić information content (AvgIpc) is 3.29. The Bertz CT molecular complexity index is 1730. The molecule has 2 unspecified atom stereocenters. The van der Waals surface area contributed by atoms with Crippen molar-refractivity contribution in [3.05, 3.63) is 136 Å². The number of amides is 2. The number of benzene rings is 4. The molecule has 0 aromatic heterocycles. The summed E-state index contributed by atoms with van der Waals surface area (Å²) in [6, 6.07) is 28.7. The summed E-state index contributed by atoms with van der Waals surface area (Å²) < 4.78 is 10.6. The molecule has 4 aromatic rings. The minimum atomic E-state index is -0.843. The van der Waals surface area contributed by atoms with Crippen molar-refractivity contribution in [1.29, 1.82) is 0 Å². The number of likely N-dealkylation sites (tertiary alicyclic amines) is 1. The van der Waals surface area contributed by atoms with Crippen LogP contribution in [0.1, 0.15) is 60.4 Å². The molecule has 2 atom stereocenters. The van der Waals surface area contributed by atoms with Crippen LogP contribution in [0.3, 0.4) is 0 Å². The maximum Gasteiger partial charge on any atom is 0.343 e. The van der Waals surface area contributed by atoms with Gasteiger partial charge in [-0.25, -0.2) is 4.79 Å². The predicted molar refractivity (Wildman–Crippen MR) is 158 cm³/mol. The highest BCUT2D eigenvalue weighted by molar-refractivity contribution is 6.09. The fourth-order valence-electron chi connectivity index (χ4n) is 6.86. The van der Waals surface area contributed by atoms with Gasteiger partial charge in [-0.15, -0.1) is 0 Å². The van der Waals surface area contributed by atoms with Crippen molar-refractivity contribution < 1.29 is 33.4 Å². The summed E-state index contributed by atoms with van der Waals surface area (Å²) in [4.78, 5) is 66.2.